The monoisotopic (exact) mass is 1850 g/mol. The first-order chi connectivity index (χ1) is 68.8. The van der Waals surface area contributed by atoms with E-state index in [-0.39, 0.29) is 29.1 Å². The SMILES string of the molecule is C.CC(C)(C)c1cc2cc(C(C)(C)C)cc3c4cc(C(C)(C)C)cc5cc(C(C)(C)C)cc(c(c1)c23)c54.Cc1cccc(N(c2ccc(N(c3ccccc3)c3ccc(-c4ccc(N(c5ccccc5)c5ccc(N(c6cccc(C)c6)c6cccc(C)c6)cc5)cc4)cc3)cc2)c2cccc(C)c2)c1.[2H]PN([2H])[3H].c1ccc2cc(-c3c4ccccc4c(-c4ccc5ccccc5c4)c4ccccc34)ccc2c1. The lowest BCUT2D eigenvalue weighted by molar-refractivity contribution is 0.589. The second kappa shape index (κ2) is 39.9. The Morgan fingerprint density at radius 1 is 0.213 bits per heavy atom. The fraction of sp³-hybridized carbons (Fsp3) is 0.156. The molecule has 0 saturated heterocycles. The molecule has 1 unspecified atom stereocenters. The molecule has 0 radical (unpaired) electrons. The number of hydrogen-bond acceptors (Lipinski definition) is 5. The van der Waals surface area contributed by atoms with E-state index in [0.29, 0.717) is 5.49 Å². The summed E-state index contributed by atoms with van der Waals surface area (Å²) in [6, 6.07) is 160. The summed E-state index contributed by atoms with van der Waals surface area (Å²) in [7, 11) is -0.469. The quantitative estimate of drug-likeness (QED) is 0.0593. The molecule has 0 heterocycles. The van der Waals surface area contributed by atoms with Gasteiger partial charge in [0.1, 0.15) is 2.82 Å². The zero-order valence-corrected chi connectivity index (χ0v) is 84.3. The van der Waals surface area contributed by atoms with Crippen LogP contribution in [0.4, 0.5) is 68.2 Å². The summed E-state index contributed by atoms with van der Waals surface area (Å²) in [6.45, 7) is 36.6. The molecule has 22 aromatic carbocycles. The lowest BCUT2D eigenvalue weighted by Gasteiger charge is -2.29. The Balaban J connectivity index is 0.000000150. The topological polar surface area (TPSA) is 39.0 Å². The van der Waals surface area contributed by atoms with Crippen LogP contribution in [0.2, 0.25) is 2.82 Å². The van der Waals surface area contributed by atoms with Gasteiger partial charge in [-0.05, 0) is 395 Å². The normalized spacial score (nSPS) is 12.1. The maximum Gasteiger partial charge on any atom is 0.123 e. The Labute approximate surface area is 841 Å². The molecular weight excluding hydrogens is 1720 g/mol. The van der Waals surface area contributed by atoms with E-state index in [1.54, 1.807) is 0 Å². The summed E-state index contributed by atoms with van der Waals surface area (Å²) >= 11 is 0. The average molecular weight is 1860 g/mol. The van der Waals surface area contributed by atoms with Crippen molar-refractivity contribution in [2.75, 3.05) is 19.6 Å². The summed E-state index contributed by atoms with van der Waals surface area (Å²) in [5.74, 6) is 0. The van der Waals surface area contributed by atoms with Crippen molar-refractivity contribution < 1.29 is 2.82 Å². The summed E-state index contributed by atoms with van der Waals surface area (Å²) in [5, 5.41) is 21.4. The number of anilines is 12. The highest BCUT2D eigenvalue weighted by Gasteiger charge is 2.29. The molecule has 0 aliphatic heterocycles. The van der Waals surface area contributed by atoms with E-state index in [2.05, 4.69) is 567 Å². The van der Waals surface area contributed by atoms with Crippen LogP contribution in [-0.2, 0) is 21.7 Å². The van der Waals surface area contributed by atoms with Crippen LogP contribution in [0.3, 0.4) is 0 Å². The van der Waals surface area contributed by atoms with E-state index in [0.717, 1.165) is 79.4 Å². The summed E-state index contributed by atoms with van der Waals surface area (Å²) < 4.78 is 18.5. The number of aryl methyl sites for hydroxylation is 4. The third kappa shape index (κ3) is 20.0. The minimum absolute atomic E-state index is 0. The van der Waals surface area contributed by atoms with Crippen LogP contribution < -0.4 is 25.1 Å². The van der Waals surface area contributed by atoms with Crippen LogP contribution in [0.25, 0.3) is 120 Å². The molecule has 0 bridgehead atoms. The lowest BCUT2D eigenvalue weighted by atomic mass is 9.76. The van der Waals surface area contributed by atoms with Crippen LogP contribution in [0, 0.1) is 27.7 Å². The summed E-state index contributed by atoms with van der Waals surface area (Å²) in [4.78, 5) is 9.31. The first-order valence-corrected chi connectivity index (χ1v) is 49.4. The number of nitrogens with zero attached hydrogens (tertiary/aromatic N) is 4. The van der Waals surface area contributed by atoms with Crippen molar-refractivity contribution >= 4 is 164 Å². The molecule has 5 nitrogen and oxygen atoms in total. The standard InChI is InChI=1S/C64H54N4.C36H44.C34H22.CH4.H4NP/c1-47-15-11-23-61(43-47)67(62-24-12-16-48(2)44-62)59-39-35-57(36-40-59)65(53-19-7-5-8-20-53)55-31-27-51(28-32-55)52-29-33-56(34-30-52)66(54-21-9-6-10-22-54)58-37-41-60(42-38-58)68(63-25-13-17-49(3)45-63)64-26-14-18-50(4)46-64;1-33(2,3)23-13-21-14-24(34(4,5)6)19-29-30-20-26(36(10,11)12)16-22-15-25(35(7,8)9)18-28(32(22)30)27(17-23)31(21)29;1-3-11-25-21-27(19-17-23(25)9-1)33-29-13-5-7-15-31(29)34(32-16-8-6-14-30(32)33)28-20-18-24-10-2-4-12-26(24)22-28;;1-2/h5-46H,1-4H3;13-20H,1-12H3;1-22H;1H4;1-2H2/i;;;;2D/hTD. The van der Waals surface area contributed by atoms with Crippen LogP contribution in [0.5, 0.6) is 0 Å². The Kier molecular flexibility index (Phi) is 26.1. The predicted octanol–water partition coefficient (Wildman–Crippen LogP) is 39.4. The molecule has 2 N–H and O–H groups in total. The van der Waals surface area contributed by atoms with Gasteiger partial charge in [0.05, 0.1) is 1.28 Å². The highest BCUT2D eigenvalue weighted by Crippen LogP contribution is 2.51. The van der Waals surface area contributed by atoms with Gasteiger partial charge in [-0.2, -0.15) is 0 Å². The molecule has 0 spiro atoms. The number of nitrogens with two attached hydrogens (primary N) is 1. The predicted molar refractivity (Wildman–Crippen MR) is 620 cm³/mol. The molecule has 0 amide bonds. The minimum atomic E-state index is -0.469. The number of hydrogen-bond donors (Lipinski definition) is 1. The van der Waals surface area contributed by atoms with E-state index in [4.69, 9.17) is 4.10 Å². The molecule has 0 aliphatic carbocycles. The van der Waals surface area contributed by atoms with Gasteiger partial charge in [-0.3, -0.25) is 0 Å². The molecule has 0 aliphatic rings. The number of rotatable bonds is 16. The number of benzene rings is 22. The van der Waals surface area contributed by atoms with Crippen LogP contribution in [0.1, 0.15) is 135 Å². The molecule has 0 saturated carbocycles. The molecule has 22 aromatic rings. The van der Waals surface area contributed by atoms with Crippen molar-refractivity contribution in [1.29, 1.82) is 1.28 Å². The van der Waals surface area contributed by atoms with Gasteiger partial charge in [-0.1, -0.05) is 355 Å². The molecule has 0 fully saturated rings. The van der Waals surface area contributed by atoms with Crippen molar-refractivity contribution in [3.8, 4) is 33.4 Å². The summed E-state index contributed by atoms with van der Waals surface area (Å²) in [6.07, 6.45) is 0. The highest BCUT2D eigenvalue weighted by atomic mass is 31.0. The van der Waals surface area contributed by atoms with Crippen molar-refractivity contribution in [2.24, 2.45) is 5.49 Å². The van der Waals surface area contributed by atoms with Gasteiger partial charge in [0.15, 0.2) is 0 Å². The van der Waals surface area contributed by atoms with Crippen LogP contribution in [0.15, 0.2) is 437 Å². The van der Waals surface area contributed by atoms with Crippen molar-refractivity contribution in [3.05, 3.63) is 481 Å². The van der Waals surface area contributed by atoms with Gasteiger partial charge in [-0.25, -0.2) is 0 Å². The zero-order chi connectivity index (χ0) is 99.8. The van der Waals surface area contributed by atoms with E-state index in [9.17, 15) is 0 Å². The number of para-hydroxylation sites is 2. The van der Waals surface area contributed by atoms with Crippen LogP contribution in [-0.4, -0.2) is 1.28 Å². The van der Waals surface area contributed by atoms with E-state index in [1.807, 2.05) is 0 Å². The number of fused-ring (bicyclic) bond motifs is 6. The molecule has 6 heteroatoms. The fourth-order valence-electron chi connectivity index (χ4n) is 20.2. The van der Waals surface area contributed by atoms with Crippen molar-refractivity contribution in [2.45, 2.75) is 140 Å². The van der Waals surface area contributed by atoms with Crippen molar-refractivity contribution in [1.82, 2.24) is 0 Å². The van der Waals surface area contributed by atoms with E-state index >= 15 is 0 Å². The van der Waals surface area contributed by atoms with Gasteiger partial charge >= 0.3 is 0 Å². The Bertz CT molecular complexity index is 7610. The third-order valence-electron chi connectivity index (χ3n) is 27.5. The Hall–Kier alpha value is -15.2. The fourth-order valence-corrected chi connectivity index (χ4v) is 20.2. The molecular formula is C135H128N5P. The third-order valence-corrected chi connectivity index (χ3v) is 27.5. The van der Waals surface area contributed by atoms with Gasteiger partial charge in [0.2, 0.25) is 0 Å². The second-order valence-corrected chi connectivity index (χ2v) is 41.8. The molecule has 141 heavy (non-hydrogen) atoms. The molecule has 0 aromatic heterocycles. The van der Waals surface area contributed by atoms with Gasteiger partial charge < -0.3 is 25.1 Å². The minimum Gasteiger partial charge on any atom is -0.314 e. The Morgan fingerprint density at radius 3 is 0.674 bits per heavy atom. The van der Waals surface area contributed by atoms with Crippen molar-refractivity contribution in [3.63, 3.8) is 0 Å². The summed E-state index contributed by atoms with van der Waals surface area (Å²) in [5.41, 5.74) is 31.9. The maximum absolute atomic E-state index is 6.24. The second-order valence-electron chi connectivity index (χ2n) is 41.8. The zero-order valence-electron chi connectivity index (χ0n) is 86.3. The van der Waals surface area contributed by atoms with E-state index in [1.165, 1.54) is 153 Å². The van der Waals surface area contributed by atoms with Gasteiger partial charge in [0, 0.05) is 68.2 Å². The van der Waals surface area contributed by atoms with Crippen LogP contribution >= 0.6 is 9.34 Å². The Morgan fingerprint density at radius 2 is 0.426 bits per heavy atom. The highest BCUT2D eigenvalue weighted by molar-refractivity contribution is 7.13. The molecule has 1 atom stereocenters. The van der Waals surface area contributed by atoms with Gasteiger partial charge in [0.25, 0.3) is 0 Å². The van der Waals surface area contributed by atoms with Gasteiger partial charge in [-0.15, -0.1) is 0 Å². The molecule has 22 rings (SSSR count). The largest absolute Gasteiger partial charge is 0.314 e. The maximum atomic E-state index is 6.24. The molecule has 698 valence electrons. The van der Waals surface area contributed by atoms with E-state index < -0.39 is 9.34 Å². The first-order valence-electron chi connectivity index (χ1n) is 50.3. The average Bonchev–Trinajstić information content (AvgIpc) is 0.658. The lowest BCUT2D eigenvalue weighted by Crippen LogP contribution is -2.14. The smallest absolute Gasteiger partial charge is 0.123 e. The first kappa shape index (κ1) is 92.1.